The number of nitrogens with zero attached hydrogens (tertiary/aromatic N) is 2. The van der Waals surface area contributed by atoms with Gasteiger partial charge in [-0.15, -0.1) is 0 Å². The Labute approximate surface area is 259 Å². The van der Waals surface area contributed by atoms with Crippen LogP contribution in [0.5, 0.6) is 5.75 Å². The highest BCUT2D eigenvalue weighted by molar-refractivity contribution is 7.89. The Hall–Kier alpha value is -3.80. The lowest BCUT2D eigenvalue weighted by Crippen LogP contribution is -2.52. The van der Waals surface area contributed by atoms with Crippen LogP contribution < -0.4 is 10.1 Å². The molecule has 11 heteroatoms. The molecule has 3 aromatic rings. The fourth-order valence-corrected chi connectivity index (χ4v) is 6.22. The van der Waals surface area contributed by atoms with E-state index in [9.17, 15) is 22.4 Å². The van der Waals surface area contributed by atoms with Crippen molar-refractivity contribution in [3.05, 3.63) is 95.8 Å². The first-order chi connectivity index (χ1) is 21.1. The van der Waals surface area contributed by atoms with Crippen LogP contribution in [0.4, 0.5) is 4.39 Å². The van der Waals surface area contributed by atoms with Gasteiger partial charge in [0.05, 0.1) is 18.1 Å². The Morgan fingerprint density at radius 3 is 2.25 bits per heavy atom. The fraction of sp³-hybridized carbons (Fsp3) is 0.394. The van der Waals surface area contributed by atoms with Crippen LogP contribution in [0, 0.1) is 11.7 Å². The van der Waals surface area contributed by atoms with Crippen molar-refractivity contribution in [1.29, 1.82) is 0 Å². The van der Waals surface area contributed by atoms with Gasteiger partial charge in [-0.05, 0) is 59.9 Å². The molecule has 1 saturated heterocycles. The van der Waals surface area contributed by atoms with Gasteiger partial charge in [-0.2, -0.15) is 4.31 Å². The predicted octanol–water partition coefficient (Wildman–Crippen LogP) is 4.03. The van der Waals surface area contributed by atoms with Crippen molar-refractivity contribution in [1.82, 2.24) is 14.5 Å². The molecule has 1 fully saturated rings. The van der Waals surface area contributed by atoms with E-state index in [4.69, 9.17) is 9.47 Å². The van der Waals surface area contributed by atoms with Crippen LogP contribution in [-0.4, -0.2) is 74.9 Å². The van der Waals surface area contributed by atoms with Crippen molar-refractivity contribution in [2.45, 2.75) is 44.2 Å². The molecule has 1 N–H and O–H groups in total. The second-order valence-corrected chi connectivity index (χ2v) is 13.0. The van der Waals surface area contributed by atoms with Gasteiger partial charge in [0.1, 0.15) is 17.6 Å². The van der Waals surface area contributed by atoms with Crippen LogP contribution in [0.2, 0.25) is 0 Å². The van der Waals surface area contributed by atoms with E-state index in [-0.39, 0.29) is 43.5 Å². The summed E-state index contributed by atoms with van der Waals surface area (Å²) in [5, 5.41) is 2.98. The van der Waals surface area contributed by atoms with Crippen molar-refractivity contribution in [2.75, 3.05) is 39.5 Å². The number of carbonyl (C=O) groups excluding carboxylic acids is 2. The third kappa shape index (κ3) is 9.35. The highest BCUT2D eigenvalue weighted by Gasteiger charge is 2.31. The first-order valence-electron chi connectivity index (χ1n) is 14.8. The SMILES string of the molecule is CC(C)CCNC(=O)[C@@H](Cc1ccccc1)N(Cc1ccc(F)cc1)C(=O)COc1ccc(S(=O)(=O)N2CCOCC2)cc1. The second-order valence-electron chi connectivity index (χ2n) is 11.1. The van der Waals surface area contributed by atoms with Gasteiger partial charge in [0.15, 0.2) is 6.61 Å². The number of benzene rings is 3. The number of rotatable bonds is 14. The minimum Gasteiger partial charge on any atom is -0.484 e. The molecule has 1 aliphatic heterocycles. The molecule has 1 heterocycles. The first-order valence-corrected chi connectivity index (χ1v) is 16.2. The van der Waals surface area contributed by atoms with Gasteiger partial charge < -0.3 is 19.7 Å². The molecular formula is C33H40FN3O6S. The van der Waals surface area contributed by atoms with E-state index in [1.165, 1.54) is 45.6 Å². The van der Waals surface area contributed by atoms with Gasteiger partial charge in [-0.3, -0.25) is 9.59 Å². The lowest BCUT2D eigenvalue weighted by molar-refractivity contribution is -0.142. The van der Waals surface area contributed by atoms with Crippen LogP contribution in [0.15, 0.2) is 83.8 Å². The molecule has 0 unspecified atom stereocenters. The lowest BCUT2D eigenvalue weighted by atomic mass is 10.0. The topological polar surface area (TPSA) is 105 Å². The number of hydrogen-bond acceptors (Lipinski definition) is 6. The summed E-state index contributed by atoms with van der Waals surface area (Å²) in [6.45, 7) is 5.55. The number of morpholine rings is 1. The third-order valence-corrected chi connectivity index (χ3v) is 9.26. The summed E-state index contributed by atoms with van der Waals surface area (Å²) < 4.78 is 52.0. The van der Waals surface area contributed by atoms with Gasteiger partial charge >= 0.3 is 0 Å². The van der Waals surface area contributed by atoms with Crippen molar-refractivity contribution < 1.29 is 31.9 Å². The molecule has 2 amide bonds. The lowest BCUT2D eigenvalue weighted by Gasteiger charge is -2.31. The van der Waals surface area contributed by atoms with E-state index >= 15 is 0 Å². The fourth-order valence-electron chi connectivity index (χ4n) is 4.81. The van der Waals surface area contributed by atoms with Gasteiger partial charge in [0.25, 0.3) is 5.91 Å². The second kappa shape index (κ2) is 15.8. The maximum absolute atomic E-state index is 13.8. The van der Waals surface area contributed by atoms with Gasteiger partial charge in [-0.1, -0.05) is 56.3 Å². The Kier molecular flexibility index (Phi) is 11.9. The maximum atomic E-state index is 13.8. The van der Waals surface area contributed by atoms with Gasteiger partial charge in [-0.25, -0.2) is 12.8 Å². The van der Waals surface area contributed by atoms with Crippen molar-refractivity contribution in [2.24, 2.45) is 5.92 Å². The summed E-state index contributed by atoms with van der Waals surface area (Å²) in [5.74, 6) is -0.436. The zero-order valence-corrected chi connectivity index (χ0v) is 26.0. The molecule has 4 rings (SSSR count). The summed E-state index contributed by atoms with van der Waals surface area (Å²) in [6, 6.07) is 20.3. The van der Waals surface area contributed by atoms with Gasteiger partial charge in [0.2, 0.25) is 15.9 Å². The highest BCUT2D eigenvalue weighted by Crippen LogP contribution is 2.21. The molecule has 0 aromatic heterocycles. The van der Waals surface area contributed by atoms with Crippen molar-refractivity contribution in [3.8, 4) is 5.75 Å². The summed E-state index contributed by atoms with van der Waals surface area (Å²) >= 11 is 0. The molecule has 0 saturated carbocycles. The van der Waals surface area contributed by atoms with Crippen LogP contribution in [0.25, 0.3) is 0 Å². The molecule has 1 aliphatic rings. The van der Waals surface area contributed by atoms with Crippen LogP contribution >= 0.6 is 0 Å². The standard InChI is InChI=1S/C33H40FN3O6S/c1-25(2)16-17-35-33(39)31(22-26-6-4-3-5-7-26)37(23-27-8-10-28(34)11-9-27)32(38)24-43-29-12-14-30(15-13-29)44(40,41)36-18-20-42-21-19-36/h3-15,25,31H,16-24H2,1-2H3,(H,35,39)/t31-/m1/s1. The molecule has 0 bridgehead atoms. The van der Waals surface area contributed by atoms with E-state index in [0.717, 1.165) is 12.0 Å². The van der Waals surface area contributed by atoms with E-state index < -0.39 is 27.8 Å². The van der Waals surface area contributed by atoms with Crippen LogP contribution in [0.3, 0.4) is 0 Å². The highest BCUT2D eigenvalue weighted by atomic mass is 32.2. The minimum absolute atomic E-state index is 0.0638. The smallest absolute Gasteiger partial charge is 0.261 e. The Morgan fingerprint density at radius 2 is 1.61 bits per heavy atom. The normalized spacial score (nSPS) is 14.6. The van der Waals surface area contributed by atoms with E-state index in [1.54, 1.807) is 12.1 Å². The number of carbonyl (C=O) groups is 2. The maximum Gasteiger partial charge on any atom is 0.261 e. The number of amides is 2. The quantitative estimate of drug-likeness (QED) is 0.290. The average molecular weight is 626 g/mol. The molecule has 236 valence electrons. The Balaban J connectivity index is 1.53. The molecule has 0 aliphatic carbocycles. The van der Waals surface area contributed by atoms with Crippen LogP contribution in [-0.2, 0) is 37.3 Å². The van der Waals surface area contributed by atoms with E-state index in [2.05, 4.69) is 19.2 Å². The predicted molar refractivity (Wildman–Crippen MR) is 165 cm³/mol. The number of nitrogens with one attached hydrogen (secondary N) is 1. The zero-order chi connectivity index (χ0) is 31.5. The van der Waals surface area contributed by atoms with Crippen molar-refractivity contribution >= 4 is 21.8 Å². The van der Waals surface area contributed by atoms with E-state index in [0.29, 0.717) is 37.0 Å². The molecule has 9 nitrogen and oxygen atoms in total. The van der Waals surface area contributed by atoms with Gasteiger partial charge in [0, 0.05) is 32.6 Å². The largest absolute Gasteiger partial charge is 0.484 e. The molecule has 0 spiro atoms. The Bertz CT molecular complexity index is 1460. The molecule has 44 heavy (non-hydrogen) atoms. The summed E-state index contributed by atoms with van der Waals surface area (Å²) in [5.41, 5.74) is 1.54. The van der Waals surface area contributed by atoms with Crippen molar-refractivity contribution in [3.63, 3.8) is 0 Å². The molecule has 1 atom stereocenters. The number of sulfonamides is 1. The van der Waals surface area contributed by atoms with E-state index in [1.807, 2.05) is 30.3 Å². The average Bonchev–Trinajstić information content (AvgIpc) is 3.03. The number of hydrogen-bond donors (Lipinski definition) is 1. The molecular weight excluding hydrogens is 585 g/mol. The first kappa shape index (κ1) is 33.1. The number of halogens is 1. The summed E-state index contributed by atoms with van der Waals surface area (Å²) in [6.07, 6.45) is 1.06. The summed E-state index contributed by atoms with van der Waals surface area (Å²) in [4.78, 5) is 28.9. The Morgan fingerprint density at radius 1 is 0.955 bits per heavy atom. The van der Waals surface area contributed by atoms with Crippen LogP contribution in [0.1, 0.15) is 31.4 Å². The monoisotopic (exact) mass is 625 g/mol. The molecule has 0 radical (unpaired) electrons. The minimum atomic E-state index is -3.67. The number of ether oxygens (including phenoxy) is 2. The zero-order valence-electron chi connectivity index (χ0n) is 25.2. The molecule has 3 aromatic carbocycles. The third-order valence-electron chi connectivity index (χ3n) is 7.35. The summed E-state index contributed by atoms with van der Waals surface area (Å²) in [7, 11) is -3.67.